The van der Waals surface area contributed by atoms with Crippen LogP contribution >= 0.6 is 11.8 Å². The highest BCUT2D eigenvalue weighted by molar-refractivity contribution is 8.00. The monoisotopic (exact) mass is 285 g/mol. The van der Waals surface area contributed by atoms with Crippen LogP contribution in [-0.2, 0) is 0 Å². The summed E-state index contributed by atoms with van der Waals surface area (Å²) < 4.78 is 0. The van der Waals surface area contributed by atoms with Crippen molar-refractivity contribution in [1.82, 2.24) is 0 Å². The first-order valence-corrected chi connectivity index (χ1v) is 9.25. The summed E-state index contributed by atoms with van der Waals surface area (Å²) in [5.41, 5.74) is 1.05. The van der Waals surface area contributed by atoms with Crippen molar-refractivity contribution < 1.29 is 5.21 Å². The Hall–Kier alpha value is -0.180. The number of thioether (sulfide) groups is 1. The quantitative estimate of drug-likeness (QED) is 0.356. The number of rotatable bonds is 8. The lowest BCUT2D eigenvalue weighted by molar-refractivity contribution is 0.315. The van der Waals surface area contributed by atoms with E-state index in [1.54, 1.807) is 0 Å². The summed E-state index contributed by atoms with van der Waals surface area (Å²) in [6.07, 6.45) is 15.6. The molecule has 0 heterocycles. The number of hydrogen-bond acceptors (Lipinski definition) is 3. The van der Waals surface area contributed by atoms with Gasteiger partial charge in [0.05, 0.1) is 5.71 Å². The van der Waals surface area contributed by atoms with E-state index < -0.39 is 0 Å². The number of oxime groups is 1. The van der Waals surface area contributed by atoms with Crippen LogP contribution in [0.2, 0.25) is 0 Å². The Morgan fingerprint density at radius 3 is 2.58 bits per heavy atom. The molecule has 1 rings (SSSR count). The predicted octanol–water partition coefficient (Wildman–Crippen LogP) is 5.63. The molecule has 1 fully saturated rings. The highest BCUT2D eigenvalue weighted by Gasteiger charge is 2.18. The molecule has 1 atom stereocenters. The zero-order valence-electron chi connectivity index (χ0n) is 12.6. The Morgan fingerprint density at radius 1 is 1.05 bits per heavy atom. The second kappa shape index (κ2) is 11.6. The van der Waals surface area contributed by atoms with Gasteiger partial charge in [0.25, 0.3) is 0 Å². The molecule has 1 N–H and O–H groups in total. The molecule has 2 nitrogen and oxygen atoms in total. The molecule has 1 aliphatic carbocycles. The van der Waals surface area contributed by atoms with Crippen molar-refractivity contribution in [1.29, 1.82) is 0 Å². The topological polar surface area (TPSA) is 32.6 Å². The van der Waals surface area contributed by atoms with Gasteiger partial charge >= 0.3 is 0 Å². The van der Waals surface area contributed by atoms with Crippen LogP contribution in [0.5, 0.6) is 0 Å². The van der Waals surface area contributed by atoms with Crippen LogP contribution in [0, 0.1) is 0 Å². The zero-order valence-corrected chi connectivity index (χ0v) is 13.4. The van der Waals surface area contributed by atoms with Gasteiger partial charge in [-0.3, -0.25) is 0 Å². The molecular formula is C16H31NOS. The Labute approximate surface area is 123 Å². The molecule has 1 aliphatic rings. The Balaban J connectivity index is 2.14. The average molecular weight is 285 g/mol. The predicted molar refractivity (Wildman–Crippen MR) is 86.5 cm³/mol. The fourth-order valence-corrected chi connectivity index (χ4v) is 4.06. The Bertz CT molecular complexity index is 243. The minimum absolute atomic E-state index is 0.487. The van der Waals surface area contributed by atoms with Crippen LogP contribution in [0.25, 0.3) is 0 Å². The van der Waals surface area contributed by atoms with Crippen LogP contribution in [0.1, 0.15) is 84.0 Å². The van der Waals surface area contributed by atoms with Gasteiger partial charge in [0, 0.05) is 5.25 Å². The van der Waals surface area contributed by atoms with Crippen LogP contribution in [0.15, 0.2) is 5.16 Å². The first-order chi connectivity index (χ1) is 9.38. The van der Waals surface area contributed by atoms with Crippen LogP contribution in [0.3, 0.4) is 0 Å². The molecule has 3 heteroatoms. The van der Waals surface area contributed by atoms with Gasteiger partial charge in [-0.25, -0.2) is 0 Å². The van der Waals surface area contributed by atoms with E-state index in [2.05, 4.69) is 12.1 Å². The average Bonchev–Trinajstić information content (AvgIpc) is 2.40. The van der Waals surface area contributed by atoms with Crippen molar-refractivity contribution in [3.63, 3.8) is 0 Å². The van der Waals surface area contributed by atoms with Crippen molar-refractivity contribution in [3.05, 3.63) is 0 Å². The van der Waals surface area contributed by atoms with Gasteiger partial charge in [0.1, 0.15) is 0 Å². The molecular weight excluding hydrogens is 254 g/mol. The lowest BCUT2D eigenvalue weighted by atomic mass is 9.99. The minimum Gasteiger partial charge on any atom is -0.411 e. The van der Waals surface area contributed by atoms with Crippen LogP contribution in [-0.4, -0.2) is 21.9 Å². The summed E-state index contributed by atoms with van der Waals surface area (Å²) in [6, 6.07) is 0. The maximum atomic E-state index is 9.15. The maximum absolute atomic E-state index is 9.15. The highest BCUT2D eigenvalue weighted by atomic mass is 32.2. The standard InChI is InChI=1S/C16H31NOS/c1-2-3-4-5-8-11-14-19-16-13-10-7-6-9-12-15(16)17-18/h16,18H,2-14H2,1H3/b17-15-/t16-/m0/s1. The third-order valence-electron chi connectivity index (χ3n) is 3.97. The van der Waals surface area contributed by atoms with E-state index in [0.29, 0.717) is 5.25 Å². The zero-order chi connectivity index (χ0) is 13.8. The molecule has 0 radical (unpaired) electrons. The van der Waals surface area contributed by atoms with Crippen LogP contribution < -0.4 is 0 Å². The lowest BCUT2D eigenvalue weighted by Crippen LogP contribution is -2.19. The molecule has 0 amide bonds. The first kappa shape index (κ1) is 16.9. The lowest BCUT2D eigenvalue weighted by Gasteiger charge is -2.20. The smallest absolute Gasteiger partial charge is 0.0700 e. The molecule has 112 valence electrons. The number of hydrogen-bond donors (Lipinski definition) is 1. The van der Waals surface area contributed by atoms with Crippen molar-refractivity contribution in [3.8, 4) is 0 Å². The third kappa shape index (κ3) is 7.86. The van der Waals surface area contributed by atoms with Gasteiger partial charge in [-0.1, -0.05) is 63.4 Å². The highest BCUT2D eigenvalue weighted by Crippen LogP contribution is 2.26. The van der Waals surface area contributed by atoms with E-state index in [4.69, 9.17) is 5.21 Å². The first-order valence-electron chi connectivity index (χ1n) is 8.21. The summed E-state index contributed by atoms with van der Waals surface area (Å²) in [4.78, 5) is 0. The maximum Gasteiger partial charge on any atom is 0.0700 e. The number of unbranched alkanes of at least 4 members (excludes halogenated alkanes) is 5. The van der Waals surface area contributed by atoms with Gasteiger partial charge in [-0.15, -0.1) is 0 Å². The summed E-state index contributed by atoms with van der Waals surface area (Å²) in [6.45, 7) is 2.26. The summed E-state index contributed by atoms with van der Waals surface area (Å²) in [5, 5.41) is 13.2. The SMILES string of the molecule is CCCCCCCCS[C@H]1CCCCCC/C1=N/O. The van der Waals surface area contributed by atoms with E-state index >= 15 is 0 Å². The Kier molecular flexibility index (Phi) is 10.3. The third-order valence-corrected chi connectivity index (χ3v) is 5.40. The van der Waals surface area contributed by atoms with E-state index in [1.807, 2.05) is 11.8 Å². The fraction of sp³-hybridized carbons (Fsp3) is 0.938. The molecule has 0 spiro atoms. The summed E-state index contributed by atoms with van der Waals surface area (Å²) in [5.74, 6) is 1.23. The second-order valence-electron chi connectivity index (χ2n) is 5.67. The van der Waals surface area contributed by atoms with Gasteiger partial charge < -0.3 is 5.21 Å². The van der Waals surface area contributed by atoms with Crippen molar-refractivity contribution in [2.24, 2.45) is 5.16 Å². The molecule has 0 aromatic carbocycles. The van der Waals surface area contributed by atoms with Crippen molar-refractivity contribution in [2.75, 3.05) is 5.75 Å². The number of nitrogens with zero attached hydrogens (tertiary/aromatic N) is 1. The van der Waals surface area contributed by atoms with Crippen LogP contribution in [0.4, 0.5) is 0 Å². The molecule has 0 aromatic rings. The van der Waals surface area contributed by atoms with Gasteiger partial charge in [-0.05, 0) is 31.4 Å². The second-order valence-corrected chi connectivity index (χ2v) is 6.98. The van der Waals surface area contributed by atoms with E-state index in [0.717, 1.165) is 12.1 Å². The van der Waals surface area contributed by atoms with Crippen molar-refractivity contribution in [2.45, 2.75) is 89.2 Å². The molecule has 1 saturated carbocycles. The van der Waals surface area contributed by atoms with Gasteiger partial charge in [0.2, 0.25) is 0 Å². The summed E-state index contributed by atoms with van der Waals surface area (Å²) >= 11 is 2.03. The normalized spacial score (nSPS) is 23.2. The van der Waals surface area contributed by atoms with E-state index in [9.17, 15) is 0 Å². The molecule has 0 unspecified atom stereocenters. The molecule has 0 aliphatic heterocycles. The Morgan fingerprint density at radius 2 is 1.79 bits per heavy atom. The molecule has 0 saturated heterocycles. The minimum atomic E-state index is 0.487. The van der Waals surface area contributed by atoms with Crippen molar-refractivity contribution >= 4 is 17.5 Å². The fourth-order valence-electron chi connectivity index (χ4n) is 2.72. The van der Waals surface area contributed by atoms with E-state index in [1.165, 1.54) is 76.4 Å². The van der Waals surface area contributed by atoms with Gasteiger partial charge in [-0.2, -0.15) is 11.8 Å². The summed E-state index contributed by atoms with van der Waals surface area (Å²) in [7, 11) is 0. The molecule has 0 bridgehead atoms. The van der Waals surface area contributed by atoms with Gasteiger partial charge in [0.15, 0.2) is 0 Å². The van der Waals surface area contributed by atoms with E-state index in [-0.39, 0.29) is 0 Å². The molecule has 0 aromatic heterocycles. The largest absolute Gasteiger partial charge is 0.411 e. The molecule has 19 heavy (non-hydrogen) atoms.